The molecular formula is C13H13F2N3O. The fraction of sp³-hybridized carbons (Fsp3) is 0.385. The van der Waals surface area contributed by atoms with Crippen LogP contribution in [0.25, 0.3) is 11.4 Å². The van der Waals surface area contributed by atoms with E-state index in [0.717, 1.165) is 25.2 Å². The van der Waals surface area contributed by atoms with Crippen LogP contribution in [-0.4, -0.2) is 23.2 Å². The first-order valence-corrected chi connectivity index (χ1v) is 6.15. The van der Waals surface area contributed by atoms with Gasteiger partial charge in [0.25, 0.3) is 0 Å². The highest BCUT2D eigenvalue weighted by Gasteiger charge is 2.29. The average Bonchev–Trinajstić information content (AvgIpc) is 3.01. The van der Waals surface area contributed by atoms with Crippen LogP contribution >= 0.6 is 0 Å². The zero-order chi connectivity index (χ0) is 13.4. The number of rotatable bonds is 2. The molecule has 1 aromatic heterocycles. The number of benzene rings is 1. The van der Waals surface area contributed by atoms with E-state index in [2.05, 4.69) is 22.4 Å². The predicted molar refractivity (Wildman–Crippen MR) is 64.4 cm³/mol. The molecule has 0 bridgehead atoms. The summed E-state index contributed by atoms with van der Waals surface area (Å²) in [6.45, 7) is 3.81. The second-order valence-corrected chi connectivity index (χ2v) is 4.83. The molecule has 19 heavy (non-hydrogen) atoms. The molecule has 0 aliphatic carbocycles. The third-order valence-electron chi connectivity index (χ3n) is 3.45. The molecule has 4 nitrogen and oxygen atoms in total. The van der Waals surface area contributed by atoms with Crippen LogP contribution in [0.4, 0.5) is 8.78 Å². The molecule has 2 aromatic rings. The lowest BCUT2D eigenvalue weighted by Crippen LogP contribution is -2.08. The van der Waals surface area contributed by atoms with Gasteiger partial charge >= 0.3 is 0 Å². The Bertz CT molecular complexity index is 599. The molecule has 100 valence electrons. The Labute approximate surface area is 108 Å². The number of hydrogen-bond donors (Lipinski definition) is 1. The Kier molecular flexibility index (Phi) is 3.02. The molecule has 0 saturated carbocycles. The number of nitrogens with zero attached hydrogens (tertiary/aromatic N) is 2. The molecular weight excluding hydrogens is 252 g/mol. The summed E-state index contributed by atoms with van der Waals surface area (Å²) in [5.41, 5.74) is 0.410. The van der Waals surface area contributed by atoms with E-state index >= 15 is 0 Å². The summed E-state index contributed by atoms with van der Waals surface area (Å²) in [4.78, 5) is 4.28. The number of aromatic nitrogens is 2. The van der Waals surface area contributed by atoms with Crippen molar-refractivity contribution in [3.05, 3.63) is 35.7 Å². The highest BCUT2D eigenvalue weighted by molar-refractivity contribution is 5.54. The SMILES string of the molecule is C[C@@H]1CNC[C@H]1c1nc(-c2ccc(F)c(F)c2)no1. The molecule has 1 saturated heterocycles. The minimum absolute atomic E-state index is 0.173. The number of hydrogen-bond acceptors (Lipinski definition) is 4. The largest absolute Gasteiger partial charge is 0.339 e. The van der Waals surface area contributed by atoms with Crippen LogP contribution in [-0.2, 0) is 0 Å². The normalized spacial score (nSPS) is 22.9. The zero-order valence-corrected chi connectivity index (χ0v) is 10.4. The number of halogens is 2. The molecule has 0 radical (unpaired) electrons. The topological polar surface area (TPSA) is 51.0 Å². The second-order valence-electron chi connectivity index (χ2n) is 4.83. The van der Waals surface area contributed by atoms with E-state index in [0.29, 0.717) is 17.4 Å². The van der Waals surface area contributed by atoms with Crippen molar-refractivity contribution in [2.45, 2.75) is 12.8 Å². The van der Waals surface area contributed by atoms with Gasteiger partial charge in [0.2, 0.25) is 11.7 Å². The van der Waals surface area contributed by atoms with E-state index in [1.165, 1.54) is 6.07 Å². The fourth-order valence-electron chi connectivity index (χ4n) is 2.28. The third-order valence-corrected chi connectivity index (χ3v) is 3.45. The molecule has 1 N–H and O–H groups in total. The molecule has 2 atom stereocenters. The predicted octanol–water partition coefficient (Wildman–Crippen LogP) is 2.34. The van der Waals surface area contributed by atoms with Crippen molar-refractivity contribution in [1.82, 2.24) is 15.5 Å². The Hall–Kier alpha value is -1.82. The van der Waals surface area contributed by atoms with Crippen molar-refractivity contribution in [2.75, 3.05) is 13.1 Å². The highest BCUT2D eigenvalue weighted by Crippen LogP contribution is 2.28. The van der Waals surface area contributed by atoms with Gasteiger partial charge in [-0.05, 0) is 30.7 Å². The van der Waals surface area contributed by atoms with Crippen LogP contribution in [0.2, 0.25) is 0 Å². The maximum atomic E-state index is 13.2. The van der Waals surface area contributed by atoms with Crippen molar-refractivity contribution in [2.24, 2.45) is 5.92 Å². The second kappa shape index (κ2) is 4.70. The van der Waals surface area contributed by atoms with Crippen molar-refractivity contribution in [1.29, 1.82) is 0 Å². The molecule has 2 heterocycles. The van der Waals surface area contributed by atoms with E-state index in [-0.39, 0.29) is 11.7 Å². The molecule has 1 fully saturated rings. The molecule has 1 aliphatic rings. The summed E-state index contributed by atoms with van der Waals surface area (Å²) in [6, 6.07) is 3.56. The van der Waals surface area contributed by atoms with Crippen LogP contribution in [0.5, 0.6) is 0 Å². The average molecular weight is 265 g/mol. The van der Waals surface area contributed by atoms with Crippen LogP contribution < -0.4 is 5.32 Å². The standard InChI is InChI=1S/C13H13F2N3O/c1-7-5-16-6-9(7)13-17-12(18-19-13)8-2-3-10(14)11(15)4-8/h2-4,7,9,16H,5-6H2,1H3/t7-,9-/m1/s1. The monoisotopic (exact) mass is 265 g/mol. The lowest BCUT2D eigenvalue weighted by atomic mass is 9.98. The van der Waals surface area contributed by atoms with E-state index in [1.807, 2.05) is 0 Å². The molecule has 6 heteroatoms. The van der Waals surface area contributed by atoms with Crippen LogP contribution in [0, 0.1) is 17.6 Å². The summed E-state index contributed by atoms with van der Waals surface area (Å²) in [5.74, 6) is -0.393. The Morgan fingerprint density at radius 1 is 1.26 bits per heavy atom. The van der Waals surface area contributed by atoms with Gasteiger partial charge in [-0.2, -0.15) is 4.98 Å². The van der Waals surface area contributed by atoms with Gasteiger partial charge in [-0.1, -0.05) is 12.1 Å². The van der Waals surface area contributed by atoms with Gasteiger partial charge in [0, 0.05) is 12.1 Å². The van der Waals surface area contributed by atoms with Crippen molar-refractivity contribution >= 4 is 0 Å². The summed E-state index contributed by atoms with van der Waals surface area (Å²) < 4.78 is 31.3. The van der Waals surface area contributed by atoms with Crippen molar-refractivity contribution in [3.63, 3.8) is 0 Å². The van der Waals surface area contributed by atoms with E-state index in [1.54, 1.807) is 0 Å². The Morgan fingerprint density at radius 2 is 2.11 bits per heavy atom. The smallest absolute Gasteiger partial charge is 0.231 e. The maximum Gasteiger partial charge on any atom is 0.231 e. The molecule has 1 aromatic carbocycles. The minimum atomic E-state index is -0.917. The Balaban J connectivity index is 1.90. The lowest BCUT2D eigenvalue weighted by Gasteiger charge is -2.07. The van der Waals surface area contributed by atoms with E-state index in [9.17, 15) is 8.78 Å². The molecule has 0 spiro atoms. The third kappa shape index (κ3) is 2.23. The van der Waals surface area contributed by atoms with Gasteiger partial charge < -0.3 is 9.84 Å². The first kappa shape index (κ1) is 12.2. The van der Waals surface area contributed by atoms with Crippen LogP contribution in [0.1, 0.15) is 18.7 Å². The van der Waals surface area contributed by atoms with Crippen LogP contribution in [0.15, 0.2) is 22.7 Å². The van der Waals surface area contributed by atoms with Gasteiger partial charge in [0.1, 0.15) is 0 Å². The quantitative estimate of drug-likeness (QED) is 0.905. The van der Waals surface area contributed by atoms with Crippen molar-refractivity contribution < 1.29 is 13.3 Å². The number of nitrogens with one attached hydrogen (secondary N) is 1. The summed E-state index contributed by atoms with van der Waals surface area (Å²) in [7, 11) is 0. The molecule has 0 amide bonds. The lowest BCUT2D eigenvalue weighted by molar-refractivity contribution is 0.340. The van der Waals surface area contributed by atoms with Crippen LogP contribution in [0.3, 0.4) is 0 Å². The van der Waals surface area contributed by atoms with Crippen molar-refractivity contribution in [3.8, 4) is 11.4 Å². The molecule has 3 rings (SSSR count). The Morgan fingerprint density at radius 3 is 2.79 bits per heavy atom. The van der Waals surface area contributed by atoms with Gasteiger partial charge in [-0.15, -0.1) is 0 Å². The van der Waals surface area contributed by atoms with Gasteiger partial charge in [-0.3, -0.25) is 0 Å². The first-order chi connectivity index (χ1) is 9.15. The fourth-order valence-corrected chi connectivity index (χ4v) is 2.28. The maximum absolute atomic E-state index is 13.2. The van der Waals surface area contributed by atoms with Gasteiger partial charge in [-0.25, -0.2) is 8.78 Å². The van der Waals surface area contributed by atoms with E-state index in [4.69, 9.17) is 4.52 Å². The van der Waals surface area contributed by atoms with Gasteiger partial charge in [0.15, 0.2) is 11.6 Å². The molecule has 0 unspecified atom stereocenters. The highest BCUT2D eigenvalue weighted by atomic mass is 19.2. The van der Waals surface area contributed by atoms with E-state index < -0.39 is 11.6 Å². The minimum Gasteiger partial charge on any atom is -0.339 e. The summed E-state index contributed by atoms with van der Waals surface area (Å²) >= 11 is 0. The van der Waals surface area contributed by atoms with Gasteiger partial charge in [0.05, 0.1) is 5.92 Å². The zero-order valence-electron chi connectivity index (χ0n) is 10.4. The summed E-state index contributed by atoms with van der Waals surface area (Å²) in [6.07, 6.45) is 0. The first-order valence-electron chi connectivity index (χ1n) is 6.15. The molecule has 1 aliphatic heterocycles. The summed E-state index contributed by atoms with van der Waals surface area (Å²) in [5, 5.41) is 7.08.